The minimum atomic E-state index is -1.00. The first kappa shape index (κ1) is 23.1. The van der Waals surface area contributed by atoms with Gasteiger partial charge in [-0.2, -0.15) is 0 Å². The first-order valence-electron chi connectivity index (χ1n) is 11.1. The number of hydrogen-bond acceptors (Lipinski definition) is 5. The van der Waals surface area contributed by atoms with E-state index in [0.717, 1.165) is 22.3 Å². The molecule has 176 valence electrons. The van der Waals surface area contributed by atoms with Crippen molar-refractivity contribution in [1.29, 1.82) is 0 Å². The second-order valence-electron chi connectivity index (χ2n) is 8.15. The fourth-order valence-electron chi connectivity index (χ4n) is 4.47. The number of ether oxygens (including phenoxy) is 1. The van der Waals surface area contributed by atoms with Gasteiger partial charge in [0, 0.05) is 24.6 Å². The van der Waals surface area contributed by atoms with Crippen molar-refractivity contribution in [2.45, 2.75) is 32.2 Å². The zero-order valence-corrected chi connectivity index (χ0v) is 19.0. The molecule has 0 saturated carbocycles. The molecule has 1 aliphatic carbocycles. The van der Waals surface area contributed by atoms with E-state index in [1.807, 2.05) is 36.4 Å². The first-order valence-corrected chi connectivity index (χ1v) is 11.1. The zero-order valence-electron chi connectivity index (χ0n) is 19.0. The van der Waals surface area contributed by atoms with E-state index in [9.17, 15) is 14.4 Å². The summed E-state index contributed by atoms with van der Waals surface area (Å²) in [5, 5.41) is 11.6. The maximum absolute atomic E-state index is 13.0. The molecule has 2 N–H and O–H groups in total. The van der Waals surface area contributed by atoms with Crippen molar-refractivity contribution < 1.29 is 28.6 Å². The summed E-state index contributed by atoms with van der Waals surface area (Å²) < 4.78 is 10.9. The highest BCUT2D eigenvalue weighted by Crippen LogP contribution is 2.44. The normalized spacial score (nSPS) is 13.0. The SMILES string of the molecule is CCN(C(=O)c1occc1NC(=O)OCC1c2ccccc2-c2ccccc21)C(C)CC(=O)O. The zero-order chi connectivity index (χ0) is 24.2. The molecule has 1 unspecified atom stereocenters. The molecular weight excluding hydrogens is 436 g/mol. The van der Waals surface area contributed by atoms with E-state index in [1.165, 1.54) is 17.2 Å². The number of nitrogens with zero attached hydrogens (tertiary/aromatic N) is 1. The lowest BCUT2D eigenvalue weighted by Crippen LogP contribution is -2.39. The molecule has 2 aromatic carbocycles. The second kappa shape index (κ2) is 9.82. The summed E-state index contributed by atoms with van der Waals surface area (Å²) in [4.78, 5) is 38.0. The number of nitrogens with one attached hydrogen (secondary N) is 1. The number of carbonyl (C=O) groups is 3. The van der Waals surface area contributed by atoms with Crippen LogP contribution in [0.15, 0.2) is 65.3 Å². The fourth-order valence-corrected chi connectivity index (χ4v) is 4.47. The van der Waals surface area contributed by atoms with Crippen molar-refractivity contribution in [3.8, 4) is 11.1 Å². The first-order chi connectivity index (χ1) is 16.4. The van der Waals surface area contributed by atoms with Gasteiger partial charge in [0.05, 0.1) is 18.4 Å². The van der Waals surface area contributed by atoms with Crippen LogP contribution < -0.4 is 5.32 Å². The summed E-state index contributed by atoms with van der Waals surface area (Å²) >= 11 is 0. The molecule has 4 rings (SSSR count). The Morgan fingerprint density at radius 3 is 2.26 bits per heavy atom. The van der Waals surface area contributed by atoms with Gasteiger partial charge in [-0.3, -0.25) is 14.9 Å². The second-order valence-corrected chi connectivity index (χ2v) is 8.15. The van der Waals surface area contributed by atoms with Gasteiger partial charge in [-0.1, -0.05) is 48.5 Å². The molecule has 34 heavy (non-hydrogen) atoms. The van der Waals surface area contributed by atoms with E-state index >= 15 is 0 Å². The molecule has 1 aliphatic rings. The Hall–Kier alpha value is -4.07. The Balaban J connectivity index is 1.44. The van der Waals surface area contributed by atoms with Gasteiger partial charge in [0.2, 0.25) is 5.76 Å². The van der Waals surface area contributed by atoms with Crippen LogP contribution in [-0.2, 0) is 9.53 Å². The van der Waals surface area contributed by atoms with E-state index in [4.69, 9.17) is 14.3 Å². The average molecular weight is 463 g/mol. The maximum atomic E-state index is 13.0. The number of amides is 2. The molecule has 3 aromatic rings. The molecule has 0 aliphatic heterocycles. The number of fused-ring (bicyclic) bond motifs is 3. The predicted molar refractivity (Wildman–Crippen MR) is 126 cm³/mol. The lowest BCUT2D eigenvalue weighted by Gasteiger charge is -2.26. The van der Waals surface area contributed by atoms with E-state index in [-0.39, 0.29) is 30.4 Å². The lowest BCUT2D eigenvalue weighted by molar-refractivity contribution is -0.138. The number of hydrogen-bond donors (Lipinski definition) is 2. The third-order valence-corrected chi connectivity index (χ3v) is 6.04. The minimum absolute atomic E-state index is 0.0763. The van der Waals surface area contributed by atoms with Crippen LogP contribution in [0.2, 0.25) is 0 Å². The molecule has 8 heteroatoms. The summed E-state index contributed by atoms with van der Waals surface area (Å²) in [6.45, 7) is 3.82. The molecular formula is C26H26N2O6. The molecule has 1 heterocycles. The molecule has 0 radical (unpaired) electrons. The van der Waals surface area contributed by atoms with Crippen LogP contribution in [0, 0.1) is 0 Å². The van der Waals surface area contributed by atoms with Crippen LogP contribution in [0.5, 0.6) is 0 Å². The van der Waals surface area contributed by atoms with Crippen molar-refractivity contribution >= 4 is 23.7 Å². The van der Waals surface area contributed by atoms with Crippen molar-refractivity contribution in [2.75, 3.05) is 18.5 Å². The van der Waals surface area contributed by atoms with E-state index in [1.54, 1.807) is 13.8 Å². The summed E-state index contributed by atoms with van der Waals surface area (Å²) in [6.07, 6.45) is 0.385. The maximum Gasteiger partial charge on any atom is 0.411 e. The van der Waals surface area contributed by atoms with Gasteiger partial charge in [0.25, 0.3) is 5.91 Å². The molecule has 0 bridgehead atoms. The molecule has 2 amide bonds. The molecule has 8 nitrogen and oxygen atoms in total. The molecule has 0 saturated heterocycles. The van der Waals surface area contributed by atoms with Gasteiger partial charge in [-0.25, -0.2) is 4.79 Å². The smallest absolute Gasteiger partial charge is 0.411 e. The Bertz CT molecular complexity index is 1170. The predicted octanol–water partition coefficient (Wildman–Crippen LogP) is 4.97. The van der Waals surface area contributed by atoms with Crippen LogP contribution in [-0.4, -0.2) is 47.2 Å². The number of anilines is 1. The Morgan fingerprint density at radius 1 is 1.06 bits per heavy atom. The number of furan rings is 1. The van der Waals surface area contributed by atoms with Crippen molar-refractivity contribution in [2.24, 2.45) is 0 Å². The lowest BCUT2D eigenvalue weighted by atomic mass is 9.98. The largest absolute Gasteiger partial charge is 0.481 e. The van der Waals surface area contributed by atoms with Crippen LogP contribution >= 0.6 is 0 Å². The number of carboxylic acids is 1. The third kappa shape index (κ3) is 4.52. The van der Waals surface area contributed by atoms with Crippen molar-refractivity contribution in [1.82, 2.24) is 4.90 Å². The standard InChI is InChI=1S/C26H26N2O6/c1-3-28(16(2)14-23(29)30)25(31)24-22(12-13-33-24)27-26(32)34-15-21-19-10-6-4-8-17(19)18-9-5-7-11-20(18)21/h4-13,16,21H,3,14-15H2,1-2H3,(H,27,32)(H,29,30). The van der Waals surface area contributed by atoms with Gasteiger partial charge >= 0.3 is 12.1 Å². The van der Waals surface area contributed by atoms with Gasteiger partial charge in [-0.05, 0) is 36.1 Å². The van der Waals surface area contributed by atoms with Gasteiger partial charge < -0.3 is 19.2 Å². The minimum Gasteiger partial charge on any atom is -0.481 e. The van der Waals surface area contributed by atoms with Gasteiger partial charge in [-0.15, -0.1) is 0 Å². The Morgan fingerprint density at radius 2 is 1.68 bits per heavy atom. The Labute approximate surface area is 197 Å². The van der Waals surface area contributed by atoms with Crippen LogP contribution in [0.25, 0.3) is 11.1 Å². The highest BCUT2D eigenvalue weighted by atomic mass is 16.5. The highest BCUT2D eigenvalue weighted by Gasteiger charge is 2.30. The van der Waals surface area contributed by atoms with E-state index in [0.29, 0.717) is 6.54 Å². The van der Waals surface area contributed by atoms with Crippen LogP contribution in [0.3, 0.4) is 0 Å². The number of aliphatic carboxylic acids is 1. The summed E-state index contributed by atoms with van der Waals surface area (Å²) in [5.74, 6) is -1.67. The van der Waals surface area contributed by atoms with E-state index < -0.39 is 24.0 Å². The molecule has 1 aromatic heterocycles. The Kier molecular flexibility index (Phi) is 6.67. The topological polar surface area (TPSA) is 109 Å². The summed E-state index contributed by atoms with van der Waals surface area (Å²) in [5.41, 5.74) is 4.63. The van der Waals surface area contributed by atoms with E-state index in [2.05, 4.69) is 17.4 Å². The highest BCUT2D eigenvalue weighted by molar-refractivity contribution is 6.00. The summed E-state index contributed by atoms with van der Waals surface area (Å²) in [7, 11) is 0. The number of carboxylic acid groups (broad SMARTS) is 1. The average Bonchev–Trinajstić information content (AvgIpc) is 3.40. The number of rotatable bonds is 8. The number of carbonyl (C=O) groups excluding carboxylic acids is 2. The van der Waals surface area contributed by atoms with Crippen LogP contribution in [0.1, 0.15) is 47.9 Å². The molecule has 0 spiro atoms. The number of benzene rings is 2. The van der Waals surface area contributed by atoms with Gasteiger partial charge in [0.15, 0.2) is 0 Å². The monoisotopic (exact) mass is 462 g/mol. The molecule has 0 fully saturated rings. The molecule has 1 atom stereocenters. The summed E-state index contributed by atoms with van der Waals surface area (Å²) in [6, 6.07) is 17.0. The fraction of sp³-hybridized carbons (Fsp3) is 0.269. The van der Waals surface area contributed by atoms with Crippen molar-refractivity contribution in [3.63, 3.8) is 0 Å². The van der Waals surface area contributed by atoms with Gasteiger partial charge in [0.1, 0.15) is 6.61 Å². The third-order valence-electron chi connectivity index (χ3n) is 6.04. The van der Waals surface area contributed by atoms with Crippen LogP contribution in [0.4, 0.5) is 10.5 Å². The van der Waals surface area contributed by atoms with Crippen molar-refractivity contribution in [3.05, 3.63) is 77.7 Å². The quantitative estimate of drug-likeness (QED) is 0.489.